The van der Waals surface area contributed by atoms with Crippen LogP contribution in [0.15, 0.2) is 28.7 Å². The van der Waals surface area contributed by atoms with Gasteiger partial charge in [-0.3, -0.25) is 9.59 Å². The van der Waals surface area contributed by atoms with Crippen LogP contribution in [0.5, 0.6) is 0 Å². The number of hydrogen-bond acceptors (Lipinski definition) is 2. The van der Waals surface area contributed by atoms with Crippen molar-refractivity contribution < 1.29 is 9.59 Å². The smallest absolute Gasteiger partial charge is 0.254 e. The van der Waals surface area contributed by atoms with Crippen molar-refractivity contribution in [3.8, 4) is 0 Å². The lowest BCUT2D eigenvalue weighted by Crippen LogP contribution is -2.47. The van der Waals surface area contributed by atoms with E-state index in [4.69, 9.17) is 0 Å². The number of halogens is 1. The first-order chi connectivity index (χ1) is 9.49. The Kier molecular flexibility index (Phi) is 4.81. The van der Waals surface area contributed by atoms with Gasteiger partial charge < -0.3 is 10.2 Å². The predicted molar refractivity (Wildman–Crippen MR) is 81.5 cm³/mol. The molecule has 1 fully saturated rings. The number of carbonyl (C=O) groups excluding carboxylic acids is 2. The molecule has 1 aromatic carbocycles. The zero-order valence-corrected chi connectivity index (χ0v) is 13.3. The van der Waals surface area contributed by atoms with Crippen LogP contribution in [-0.4, -0.2) is 35.3 Å². The summed E-state index contributed by atoms with van der Waals surface area (Å²) in [6.45, 7) is 4.49. The lowest BCUT2D eigenvalue weighted by molar-refractivity contribution is -0.125. The second-order valence-corrected chi connectivity index (χ2v) is 6.24. The molecule has 4 nitrogen and oxygen atoms in total. The molecule has 1 aliphatic rings. The minimum Gasteiger partial charge on any atom is -0.352 e. The highest BCUT2D eigenvalue weighted by molar-refractivity contribution is 9.10. The Balaban J connectivity index is 2.12. The molecule has 1 saturated heterocycles. The van der Waals surface area contributed by atoms with Gasteiger partial charge >= 0.3 is 0 Å². The molecule has 108 valence electrons. The van der Waals surface area contributed by atoms with Crippen molar-refractivity contribution in [1.82, 2.24) is 10.2 Å². The van der Waals surface area contributed by atoms with Gasteiger partial charge in [-0.2, -0.15) is 0 Å². The molecule has 0 saturated carbocycles. The van der Waals surface area contributed by atoms with Gasteiger partial charge in [0.1, 0.15) is 6.04 Å². The lowest BCUT2D eigenvalue weighted by Gasteiger charge is -2.25. The largest absolute Gasteiger partial charge is 0.352 e. The van der Waals surface area contributed by atoms with Gasteiger partial charge in [-0.05, 0) is 51.0 Å². The molecule has 0 unspecified atom stereocenters. The average Bonchev–Trinajstić information content (AvgIpc) is 2.87. The molecule has 0 aromatic heterocycles. The van der Waals surface area contributed by atoms with Crippen LogP contribution in [-0.2, 0) is 4.79 Å². The minimum atomic E-state index is -0.339. The van der Waals surface area contributed by atoms with Crippen LogP contribution in [0.2, 0.25) is 0 Å². The Labute approximate surface area is 127 Å². The summed E-state index contributed by atoms with van der Waals surface area (Å²) in [6.07, 6.45) is 1.61. The SMILES string of the molecule is CC(C)NC(=O)[C@@H]1CCCN1C(=O)c1ccc(Br)cc1. The van der Waals surface area contributed by atoms with E-state index in [1.54, 1.807) is 17.0 Å². The summed E-state index contributed by atoms with van der Waals surface area (Å²) in [5, 5.41) is 2.89. The van der Waals surface area contributed by atoms with Gasteiger partial charge in [0.05, 0.1) is 0 Å². The lowest BCUT2D eigenvalue weighted by atomic mass is 10.1. The van der Waals surface area contributed by atoms with E-state index in [0.717, 1.165) is 17.3 Å². The number of rotatable bonds is 3. The summed E-state index contributed by atoms with van der Waals surface area (Å²) in [7, 11) is 0. The van der Waals surface area contributed by atoms with Gasteiger partial charge in [0, 0.05) is 22.6 Å². The number of nitrogens with zero attached hydrogens (tertiary/aromatic N) is 1. The maximum atomic E-state index is 12.5. The van der Waals surface area contributed by atoms with Crippen LogP contribution >= 0.6 is 15.9 Å². The van der Waals surface area contributed by atoms with Crippen LogP contribution in [0.25, 0.3) is 0 Å². The highest BCUT2D eigenvalue weighted by Gasteiger charge is 2.34. The molecule has 0 spiro atoms. The molecule has 1 aromatic rings. The van der Waals surface area contributed by atoms with Gasteiger partial charge in [0.25, 0.3) is 5.91 Å². The van der Waals surface area contributed by atoms with E-state index in [-0.39, 0.29) is 23.9 Å². The number of benzene rings is 1. The third-order valence-electron chi connectivity index (χ3n) is 3.34. The molecular weight excluding hydrogens is 320 g/mol. The van der Waals surface area contributed by atoms with Gasteiger partial charge in [0.2, 0.25) is 5.91 Å². The van der Waals surface area contributed by atoms with Crippen molar-refractivity contribution in [2.24, 2.45) is 0 Å². The Morgan fingerprint density at radius 1 is 1.30 bits per heavy atom. The molecule has 0 radical (unpaired) electrons. The normalized spacial score (nSPS) is 18.4. The standard InChI is InChI=1S/C15H19BrN2O2/c1-10(2)17-14(19)13-4-3-9-18(13)15(20)11-5-7-12(16)8-6-11/h5-8,10,13H,3-4,9H2,1-2H3,(H,17,19)/t13-/m0/s1. The second kappa shape index (κ2) is 6.39. The molecule has 0 aliphatic carbocycles. The van der Waals surface area contributed by atoms with Crippen LogP contribution < -0.4 is 5.32 Å². The molecule has 1 N–H and O–H groups in total. The first-order valence-corrected chi connectivity index (χ1v) is 7.65. The fraction of sp³-hybridized carbons (Fsp3) is 0.467. The first kappa shape index (κ1) is 15.0. The molecule has 2 amide bonds. The zero-order chi connectivity index (χ0) is 14.7. The van der Waals surface area contributed by atoms with Crippen molar-refractivity contribution in [1.29, 1.82) is 0 Å². The summed E-state index contributed by atoms with van der Waals surface area (Å²) in [5.74, 6) is -0.123. The summed E-state index contributed by atoms with van der Waals surface area (Å²) in [4.78, 5) is 26.3. The molecule has 1 atom stereocenters. The highest BCUT2D eigenvalue weighted by atomic mass is 79.9. The van der Waals surface area contributed by atoms with Gasteiger partial charge in [-0.25, -0.2) is 0 Å². The van der Waals surface area contributed by atoms with E-state index in [1.807, 2.05) is 26.0 Å². The Hall–Kier alpha value is -1.36. The molecule has 2 rings (SSSR count). The monoisotopic (exact) mass is 338 g/mol. The van der Waals surface area contributed by atoms with Crippen LogP contribution in [0.1, 0.15) is 37.0 Å². The van der Waals surface area contributed by atoms with Crippen LogP contribution in [0, 0.1) is 0 Å². The quantitative estimate of drug-likeness (QED) is 0.920. The Morgan fingerprint density at radius 2 is 1.95 bits per heavy atom. The Bertz CT molecular complexity index is 499. The summed E-state index contributed by atoms with van der Waals surface area (Å²) < 4.78 is 0.935. The second-order valence-electron chi connectivity index (χ2n) is 5.33. The maximum Gasteiger partial charge on any atom is 0.254 e. The van der Waals surface area contributed by atoms with Crippen molar-refractivity contribution in [3.63, 3.8) is 0 Å². The van der Waals surface area contributed by atoms with E-state index >= 15 is 0 Å². The van der Waals surface area contributed by atoms with Crippen molar-refractivity contribution in [3.05, 3.63) is 34.3 Å². The van der Waals surface area contributed by atoms with Crippen LogP contribution in [0.3, 0.4) is 0 Å². The van der Waals surface area contributed by atoms with E-state index in [0.29, 0.717) is 12.1 Å². The molecular formula is C15H19BrN2O2. The third-order valence-corrected chi connectivity index (χ3v) is 3.87. The van der Waals surface area contributed by atoms with Crippen LogP contribution in [0.4, 0.5) is 0 Å². The first-order valence-electron chi connectivity index (χ1n) is 6.86. The third kappa shape index (κ3) is 3.39. The Morgan fingerprint density at radius 3 is 2.55 bits per heavy atom. The molecule has 1 aliphatic heterocycles. The number of amides is 2. The number of nitrogens with one attached hydrogen (secondary N) is 1. The van der Waals surface area contributed by atoms with Crippen molar-refractivity contribution in [2.75, 3.05) is 6.54 Å². The fourth-order valence-electron chi connectivity index (χ4n) is 2.42. The van der Waals surface area contributed by atoms with E-state index in [9.17, 15) is 9.59 Å². The summed E-state index contributed by atoms with van der Waals surface area (Å²) in [5.41, 5.74) is 0.623. The summed E-state index contributed by atoms with van der Waals surface area (Å²) in [6, 6.07) is 6.99. The van der Waals surface area contributed by atoms with E-state index in [2.05, 4.69) is 21.2 Å². The van der Waals surface area contributed by atoms with Crippen molar-refractivity contribution in [2.45, 2.75) is 38.8 Å². The number of hydrogen-bond donors (Lipinski definition) is 1. The zero-order valence-electron chi connectivity index (χ0n) is 11.7. The fourth-order valence-corrected chi connectivity index (χ4v) is 2.69. The summed E-state index contributed by atoms with van der Waals surface area (Å²) >= 11 is 3.35. The minimum absolute atomic E-state index is 0.0528. The number of likely N-dealkylation sites (tertiary alicyclic amines) is 1. The highest BCUT2D eigenvalue weighted by Crippen LogP contribution is 2.21. The molecule has 1 heterocycles. The van der Waals surface area contributed by atoms with Crippen molar-refractivity contribution >= 4 is 27.7 Å². The van der Waals surface area contributed by atoms with Gasteiger partial charge in [-0.15, -0.1) is 0 Å². The van der Waals surface area contributed by atoms with E-state index in [1.165, 1.54) is 0 Å². The molecule has 5 heteroatoms. The molecule has 20 heavy (non-hydrogen) atoms. The number of carbonyl (C=O) groups is 2. The molecule has 0 bridgehead atoms. The predicted octanol–water partition coefficient (Wildman–Crippen LogP) is 2.58. The topological polar surface area (TPSA) is 49.4 Å². The van der Waals surface area contributed by atoms with E-state index < -0.39 is 0 Å². The average molecular weight is 339 g/mol. The van der Waals surface area contributed by atoms with Gasteiger partial charge in [-0.1, -0.05) is 15.9 Å². The van der Waals surface area contributed by atoms with Gasteiger partial charge in [0.15, 0.2) is 0 Å². The maximum absolute atomic E-state index is 12.5.